The van der Waals surface area contributed by atoms with Crippen LogP contribution in [0.4, 0.5) is 0 Å². The quantitative estimate of drug-likeness (QED) is 0.671. The number of aryl methyl sites for hydroxylation is 1. The molecule has 6 heteroatoms. The van der Waals surface area contributed by atoms with Crippen molar-refractivity contribution in [2.75, 3.05) is 24.7 Å². The molecule has 1 aliphatic heterocycles. The molecule has 0 saturated carbocycles. The van der Waals surface area contributed by atoms with Crippen LogP contribution in [0.2, 0.25) is 0 Å². The van der Waals surface area contributed by atoms with E-state index in [0.717, 1.165) is 16.9 Å². The van der Waals surface area contributed by atoms with Gasteiger partial charge in [-0.25, -0.2) is 8.42 Å². The summed E-state index contributed by atoms with van der Waals surface area (Å²) in [6.45, 7) is 9.69. The lowest BCUT2D eigenvalue weighted by Gasteiger charge is -2.30. The van der Waals surface area contributed by atoms with Gasteiger partial charge in [0, 0.05) is 19.1 Å². The predicted octanol–water partition coefficient (Wildman–Crippen LogP) is 3.72. The summed E-state index contributed by atoms with van der Waals surface area (Å²) in [5.74, 6) is 1.10. The van der Waals surface area contributed by atoms with Crippen molar-refractivity contribution in [1.29, 1.82) is 0 Å². The van der Waals surface area contributed by atoms with Gasteiger partial charge in [0.1, 0.15) is 18.5 Å². The molecule has 170 valence electrons. The predicted molar refractivity (Wildman–Crippen MR) is 125 cm³/mol. The van der Waals surface area contributed by atoms with Gasteiger partial charge in [0.25, 0.3) is 0 Å². The molecule has 2 unspecified atom stereocenters. The first kappa shape index (κ1) is 23.8. The summed E-state index contributed by atoms with van der Waals surface area (Å²) in [6.07, 6.45) is -0.105. The Morgan fingerprint density at radius 3 is 2.45 bits per heavy atom. The van der Waals surface area contributed by atoms with E-state index in [9.17, 15) is 13.5 Å². The molecule has 0 spiro atoms. The Bertz CT molecular complexity index is 964. The fourth-order valence-corrected chi connectivity index (χ4v) is 5.73. The molecule has 0 aliphatic carbocycles. The van der Waals surface area contributed by atoms with Crippen molar-refractivity contribution >= 4 is 9.84 Å². The zero-order valence-corrected chi connectivity index (χ0v) is 19.9. The van der Waals surface area contributed by atoms with Crippen LogP contribution in [0.1, 0.15) is 43.9 Å². The van der Waals surface area contributed by atoms with Crippen LogP contribution in [0, 0.1) is 6.92 Å². The maximum absolute atomic E-state index is 12.1. The Morgan fingerprint density at radius 2 is 1.87 bits per heavy atom. The second-order valence-electron chi connectivity index (χ2n) is 9.71. The summed E-state index contributed by atoms with van der Waals surface area (Å²) in [6, 6.07) is 16.1. The van der Waals surface area contributed by atoms with Crippen LogP contribution in [0.5, 0.6) is 5.75 Å². The van der Waals surface area contributed by atoms with E-state index in [1.54, 1.807) is 0 Å². The van der Waals surface area contributed by atoms with Crippen molar-refractivity contribution in [3.63, 3.8) is 0 Å². The standard InChI is InChI=1S/C25H35NO4S/c1-19-6-5-7-24(14-19)30-17-23(27)16-26(22-12-13-31(28,29)18-22)15-20-8-10-21(11-9-20)25(2,3)4/h5-11,14,22-23,27H,12-13,15-18H2,1-4H3. The highest BCUT2D eigenvalue weighted by Crippen LogP contribution is 2.24. The molecule has 2 aromatic rings. The fourth-order valence-electron chi connectivity index (χ4n) is 3.97. The molecule has 0 amide bonds. The van der Waals surface area contributed by atoms with E-state index in [0.29, 0.717) is 19.5 Å². The number of ether oxygens (including phenoxy) is 1. The Morgan fingerprint density at radius 1 is 1.16 bits per heavy atom. The average Bonchev–Trinajstić information content (AvgIpc) is 3.05. The van der Waals surface area contributed by atoms with Gasteiger partial charge in [-0.1, -0.05) is 57.2 Å². The van der Waals surface area contributed by atoms with Gasteiger partial charge >= 0.3 is 0 Å². The van der Waals surface area contributed by atoms with Crippen LogP contribution in [0.15, 0.2) is 48.5 Å². The van der Waals surface area contributed by atoms with Crippen molar-refractivity contribution in [1.82, 2.24) is 4.90 Å². The molecule has 1 fully saturated rings. The third kappa shape index (κ3) is 7.06. The minimum absolute atomic E-state index is 0.0825. The maximum atomic E-state index is 12.1. The Hall–Kier alpha value is -1.89. The van der Waals surface area contributed by atoms with Crippen LogP contribution in [0.3, 0.4) is 0 Å². The molecule has 0 aromatic heterocycles. The number of hydrogen-bond donors (Lipinski definition) is 1. The summed E-state index contributed by atoms with van der Waals surface area (Å²) in [4.78, 5) is 2.10. The fraction of sp³-hybridized carbons (Fsp3) is 0.520. The SMILES string of the molecule is Cc1cccc(OCC(O)CN(Cc2ccc(C(C)(C)C)cc2)C2CCS(=O)(=O)C2)c1. The van der Waals surface area contributed by atoms with Gasteiger partial charge in [0.2, 0.25) is 0 Å². The molecule has 1 aliphatic rings. The van der Waals surface area contributed by atoms with Crippen molar-refractivity contribution in [3.8, 4) is 5.75 Å². The molecule has 1 heterocycles. The van der Waals surface area contributed by atoms with E-state index in [1.165, 1.54) is 5.56 Å². The molecule has 0 bridgehead atoms. The van der Waals surface area contributed by atoms with Gasteiger partial charge in [0.05, 0.1) is 11.5 Å². The third-order valence-corrected chi connectivity index (χ3v) is 7.56. The molecule has 2 atom stereocenters. The molecule has 0 radical (unpaired) electrons. The molecule has 31 heavy (non-hydrogen) atoms. The molecule has 1 saturated heterocycles. The highest BCUT2D eigenvalue weighted by molar-refractivity contribution is 7.91. The Balaban J connectivity index is 1.67. The van der Waals surface area contributed by atoms with Crippen LogP contribution < -0.4 is 4.74 Å². The normalized spacial score (nSPS) is 19.5. The van der Waals surface area contributed by atoms with Crippen LogP contribution in [0.25, 0.3) is 0 Å². The zero-order valence-electron chi connectivity index (χ0n) is 19.0. The van der Waals surface area contributed by atoms with Crippen molar-refractivity contribution in [2.45, 2.75) is 58.2 Å². The summed E-state index contributed by atoms with van der Waals surface area (Å²) >= 11 is 0. The average molecular weight is 446 g/mol. The number of rotatable bonds is 8. The number of sulfone groups is 1. The highest BCUT2D eigenvalue weighted by atomic mass is 32.2. The lowest BCUT2D eigenvalue weighted by Crippen LogP contribution is -2.42. The minimum atomic E-state index is -3.01. The Labute approximate surface area is 187 Å². The second kappa shape index (κ2) is 9.72. The summed E-state index contributed by atoms with van der Waals surface area (Å²) < 4.78 is 29.9. The van der Waals surface area contributed by atoms with Gasteiger partial charge in [-0.05, 0) is 47.6 Å². The van der Waals surface area contributed by atoms with Gasteiger partial charge in [-0.3, -0.25) is 4.90 Å². The number of aliphatic hydroxyl groups is 1. The smallest absolute Gasteiger partial charge is 0.151 e. The largest absolute Gasteiger partial charge is 0.491 e. The van der Waals surface area contributed by atoms with E-state index < -0.39 is 15.9 Å². The first-order valence-electron chi connectivity index (χ1n) is 10.9. The van der Waals surface area contributed by atoms with E-state index >= 15 is 0 Å². The van der Waals surface area contributed by atoms with Crippen LogP contribution >= 0.6 is 0 Å². The molecular formula is C25H35NO4S. The van der Waals surface area contributed by atoms with Crippen LogP contribution in [-0.2, 0) is 21.8 Å². The first-order valence-corrected chi connectivity index (χ1v) is 12.8. The summed E-state index contributed by atoms with van der Waals surface area (Å²) in [7, 11) is -3.01. The topological polar surface area (TPSA) is 66.8 Å². The monoisotopic (exact) mass is 445 g/mol. The third-order valence-electron chi connectivity index (χ3n) is 5.81. The first-order chi connectivity index (χ1) is 14.5. The number of hydrogen-bond acceptors (Lipinski definition) is 5. The van der Waals surface area contributed by atoms with E-state index in [4.69, 9.17) is 4.74 Å². The van der Waals surface area contributed by atoms with E-state index in [2.05, 4.69) is 49.9 Å². The molecule has 2 aromatic carbocycles. The van der Waals surface area contributed by atoms with Crippen molar-refractivity contribution < 1.29 is 18.3 Å². The van der Waals surface area contributed by atoms with Gasteiger partial charge in [0.15, 0.2) is 9.84 Å². The van der Waals surface area contributed by atoms with E-state index in [-0.39, 0.29) is 29.6 Å². The molecule has 1 N–H and O–H groups in total. The van der Waals surface area contributed by atoms with Crippen molar-refractivity contribution in [3.05, 3.63) is 65.2 Å². The highest BCUT2D eigenvalue weighted by Gasteiger charge is 2.33. The lowest BCUT2D eigenvalue weighted by molar-refractivity contribution is 0.0524. The van der Waals surface area contributed by atoms with Gasteiger partial charge in [-0.15, -0.1) is 0 Å². The number of aliphatic hydroxyl groups excluding tert-OH is 1. The van der Waals surface area contributed by atoms with E-state index in [1.807, 2.05) is 31.2 Å². The van der Waals surface area contributed by atoms with Crippen LogP contribution in [-0.4, -0.2) is 55.2 Å². The maximum Gasteiger partial charge on any atom is 0.151 e. The van der Waals surface area contributed by atoms with Gasteiger partial charge in [-0.2, -0.15) is 0 Å². The molecule has 3 rings (SSSR count). The second-order valence-corrected chi connectivity index (χ2v) is 11.9. The van der Waals surface area contributed by atoms with Gasteiger partial charge < -0.3 is 9.84 Å². The summed E-state index contributed by atoms with van der Waals surface area (Å²) in [5, 5.41) is 10.7. The Kier molecular flexibility index (Phi) is 7.45. The molecule has 5 nitrogen and oxygen atoms in total. The van der Waals surface area contributed by atoms with Crippen molar-refractivity contribution in [2.24, 2.45) is 0 Å². The molecular weight excluding hydrogens is 410 g/mol. The number of nitrogens with zero attached hydrogens (tertiary/aromatic N) is 1. The zero-order chi connectivity index (χ0) is 22.6. The minimum Gasteiger partial charge on any atom is -0.491 e. The summed E-state index contributed by atoms with van der Waals surface area (Å²) in [5.41, 5.74) is 3.56. The number of benzene rings is 2. The lowest BCUT2D eigenvalue weighted by atomic mass is 9.86.